The second-order valence-corrected chi connectivity index (χ2v) is 12.6. The van der Waals surface area contributed by atoms with Gasteiger partial charge in [-0.3, -0.25) is 0 Å². The Morgan fingerprint density at radius 3 is 1.69 bits per heavy atom. The molecular formula is C27H23FO5S2. The van der Waals surface area contributed by atoms with Gasteiger partial charge in [0.15, 0.2) is 0 Å². The zero-order chi connectivity index (χ0) is 25.3. The van der Waals surface area contributed by atoms with Crippen LogP contribution in [0.5, 0.6) is 0 Å². The molecule has 0 fully saturated rings. The maximum absolute atomic E-state index is 17.6. The predicted molar refractivity (Wildman–Crippen MR) is 133 cm³/mol. The highest BCUT2D eigenvalue weighted by atomic mass is 32.3. The normalized spacial score (nSPS) is 13.4. The van der Waals surface area contributed by atoms with Crippen LogP contribution in [0.4, 0.5) is 4.39 Å². The topological polar surface area (TPSA) is 85.3 Å². The SMILES string of the molecule is CC(=O)C[C@H](c1cccc2ccccc12)C(F)(S(=O)(=O)c1ccccc1)S(=O)(=O)c1ccccc1. The Hall–Kier alpha value is -3.36. The summed E-state index contributed by atoms with van der Waals surface area (Å²) in [5.74, 6) is -2.38. The molecule has 1 atom stereocenters. The summed E-state index contributed by atoms with van der Waals surface area (Å²) in [7, 11) is -10.3. The highest BCUT2D eigenvalue weighted by molar-refractivity contribution is 8.10. The van der Waals surface area contributed by atoms with Crippen LogP contribution in [0.1, 0.15) is 24.8 Å². The van der Waals surface area contributed by atoms with Crippen molar-refractivity contribution in [2.24, 2.45) is 0 Å². The molecule has 0 aliphatic carbocycles. The van der Waals surface area contributed by atoms with Gasteiger partial charge in [0.25, 0.3) is 0 Å². The molecule has 0 aliphatic heterocycles. The quantitative estimate of drug-likeness (QED) is 0.314. The zero-order valence-electron chi connectivity index (χ0n) is 18.8. The fourth-order valence-electron chi connectivity index (χ4n) is 4.30. The van der Waals surface area contributed by atoms with E-state index in [0.717, 1.165) is 24.3 Å². The Labute approximate surface area is 204 Å². The first-order chi connectivity index (χ1) is 16.6. The molecule has 0 amide bonds. The van der Waals surface area contributed by atoms with E-state index in [0.29, 0.717) is 10.8 Å². The van der Waals surface area contributed by atoms with Crippen LogP contribution < -0.4 is 0 Å². The highest BCUT2D eigenvalue weighted by Gasteiger charge is 2.63. The van der Waals surface area contributed by atoms with Crippen molar-refractivity contribution >= 4 is 36.2 Å². The Morgan fingerprint density at radius 2 is 1.17 bits per heavy atom. The highest BCUT2D eigenvalue weighted by Crippen LogP contribution is 2.49. The number of hydrogen-bond acceptors (Lipinski definition) is 5. The first-order valence-electron chi connectivity index (χ1n) is 10.9. The van der Waals surface area contributed by atoms with Gasteiger partial charge in [0.2, 0.25) is 19.7 Å². The van der Waals surface area contributed by atoms with E-state index < -0.39 is 51.9 Å². The maximum Gasteiger partial charge on any atom is 0.324 e. The van der Waals surface area contributed by atoms with Crippen molar-refractivity contribution in [1.29, 1.82) is 0 Å². The van der Waals surface area contributed by atoms with E-state index in [1.165, 1.54) is 37.3 Å². The van der Waals surface area contributed by atoms with Gasteiger partial charge in [-0.1, -0.05) is 78.9 Å². The van der Waals surface area contributed by atoms with E-state index in [1.54, 1.807) is 48.5 Å². The first kappa shape index (κ1) is 24.8. The molecule has 4 rings (SSSR count). The van der Waals surface area contributed by atoms with Crippen molar-refractivity contribution in [3.8, 4) is 0 Å². The molecule has 0 aromatic heterocycles. The van der Waals surface area contributed by atoms with E-state index in [-0.39, 0.29) is 5.56 Å². The van der Waals surface area contributed by atoms with Gasteiger partial charge in [-0.25, -0.2) is 21.2 Å². The fourth-order valence-corrected chi connectivity index (χ4v) is 8.88. The third kappa shape index (κ3) is 4.17. The molecule has 0 aliphatic rings. The molecule has 0 bridgehead atoms. The van der Waals surface area contributed by atoms with Crippen LogP contribution in [0, 0.1) is 0 Å². The van der Waals surface area contributed by atoms with Gasteiger partial charge in [-0.2, -0.15) is 0 Å². The molecule has 4 aromatic rings. The molecule has 0 unspecified atom stereocenters. The van der Waals surface area contributed by atoms with E-state index in [9.17, 15) is 21.6 Å². The van der Waals surface area contributed by atoms with E-state index in [1.807, 2.05) is 0 Å². The summed E-state index contributed by atoms with van der Waals surface area (Å²) in [5, 5.41) is 1.13. The number of carbonyl (C=O) groups is 1. The molecule has 0 radical (unpaired) electrons. The number of Topliss-reactive ketones (excluding diaryl/α,β-unsaturated/α-hetero) is 1. The van der Waals surface area contributed by atoms with Crippen LogP contribution in [0.25, 0.3) is 10.8 Å². The number of benzene rings is 4. The van der Waals surface area contributed by atoms with E-state index in [4.69, 9.17) is 0 Å². The zero-order valence-corrected chi connectivity index (χ0v) is 20.5. The molecular weight excluding hydrogens is 487 g/mol. The third-order valence-electron chi connectivity index (χ3n) is 5.95. The molecule has 180 valence electrons. The minimum atomic E-state index is -5.17. The minimum Gasteiger partial charge on any atom is -0.300 e. The lowest BCUT2D eigenvalue weighted by Crippen LogP contribution is -2.48. The lowest BCUT2D eigenvalue weighted by atomic mass is 9.90. The molecule has 35 heavy (non-hydrogen) atoms. The molecule has 0 saturated heterocycles. The predicted octanol–water partition coefficient (Wildman–Crippen LogP) is 5.47. The van der Waals surface area contributed by atoms with Crippen LogP contribution >= 0.6 is 0 Å². The van der Waals surface area contributed by atoms with Gasteiger partial charge in [0, 0.05) is 6.42 Å². The van der Waals surface area contributed by atoms with Gasteiger partial charge >= 0.3 is 4.33 Å². The van der Waals surface area contributed by atoms with Crippen molar-refractivity contribution < 1.29 is 26.0 Å². The second-order valence-electron chi connectivity index (χ2n) is 8.24. The number of hydrogen-bond donors (Lipinski definition) is 0. The summed E-state index contributed by atoms with van der Waals surface area (Å²) in [6.45, 7) is 1.18. The number of halogens is 1. The van der Waals surface area contributed by atoms with Crippen molar-refractivity contribution in [2.45, 2.75) is 33.4 Å². The summed E-state index contributed by atoms with van der Waals surface area (Å²) in [5.41, 5.74) is 0.125. The van der Waals surface area contributed by atoms with Crippen molar-refractivity contribution in [3.05, 3.63) is 109 Å². The summed E-state index contributed by atoms with van der Waals surface area (Å²) < 4.78 is 69.5. The minimum absolute atomic E-state index is 0.125. The van der Waals surface area contributed by atoms with Crippen LogP contribution in [-0.2, 0) is 24.5 Å². The molecule has 5 nitrogen and oxygen atoms in total. The average Bonchev–Trinajstić information content (AvgIpc) is 2.87. The number of carbonyl (C=O) groups excluding carboxylic acids is 1. The van der Waals surface area contributed by atoms with Crippen molar-refractivity contribution in [2.75, 3.05) is 0 Å². The van der Waals surface area contributed by atoms with Crippen molar-refractivity contribution in [3.63, 3.8) is 0 Å². The third-order valence-corrected chi connectivity index (χ3v) is 11.1. The Balaban J connectivity index is 2.12. The molecule has 8 heteroatoms. The van der Waals surface area contributed by atoms with Crippen LogP contribution in [0.15, 0.2) is 113 Å². The summed E-state index contributed by atoms with van der Waals surface area (Å²) >= 11 is 0. The number of ketones is 1. The largest absolute Gasteiger partial charge is 0.324 e. The van der Waals surface area contributed by atoms with Crippen LogP contribution in [0.2, 0.25) is 0 Å². The Bertz CT molecular complexity index is 1510. The lowest BCUT2D eigenvalue weighted by Gasteiger charge is -2.33. The van der Waals surface area contributed by atoms with Crippen LogP contribution in [-0.4, -0.2) is 27.0 Å². The van der Waals surface area contributed by atoms with Crippen LogP contribution in [0.3, 0.4) is 0 Å². The van der Waals surface area contributed by atoms with E-state index >= 15 is 4.39 Å². The summed E-state index contributed by atoms with van der Waals surface area (Å²) in [6.07, 6.45) is -0.636. The van der Waals surface area contributed by atoms with Gasteiger partial charge in [-0.05, 0) is 47.5 Å². The number of rotatable bonds is 8. The number of sulfone groups is 2. The molecule has 4 aromatic carbocycles. The molecule has 0 spiro atoms. The standard InChI is InChI=1S/C27H23FO5S2/c1-20(29)19-26(25-18-10-12-21-11-8-9-17-24(21)25)27(28,34(30,31)22-13-4-2-5-14-22)35(32,33)23-15-6-3-7-16-23/h2-18,26H,19H2,1H3/t26-/m1/s1. The van der Waals surface area contributed by atoms with Gasteiger partial charge < -0.3 is 4.79 Å². The monoisotopic (exact) mass is 510 g/mol. The summed E-state index contributed by atoms with van der Waals surface area (Å²) in [6, 6.07) is 24.9. The second kappa shape index (κ2) is 9.36. The molecule has 0 N–H and O–H groups in total. The van der Waals surface area contributed by atoms with E-state index in [2.05, 4.69) is 0 Å². The van der Waals surface area contributed by atoms with Crippen molar-refractivity contribution in [1.82, 2.24) is 0 Å². The van der Waals surface area contributed by atoms with Gasteiger partial charge in [-0.15, -0.1) is 0 Å². The maximum atomic E-state index is 17.6. The number of fused-ring (bicyclic) bond motifs is 1. The van der Waals surface area contributed by atoms with Gasteiger partial charge in [0.05, 0.1) is 15.7 Å². The Kier molecular flexibility index (Phi) is 6.62. The fraction of sp³-hybridized carbons (Fsp3) is 0.148. The van der Waals surface area contributed by atoms with Gasteiger partial charge in [0.1, 0.15) is 5.78 Å². The smallest absolute Gasteiger partial charge is 0.300 e. The summed E-state index contributed by atoms with van der Waals surface area (Å²) in [4.78, 5) is 11.4. The number of alkyl halides is 1. The molecule has 0 saturated carbocycles. The average molecular weight is 511 g/mol. The lowest BCUT2D eigenvalue weighted by molar-refractivity contribution is -0.117. The Morgan fingerprint density at radius 1 is 0.714 bits per heavy atom. The first-order valence-corrected chi connectivity index (χ1v) is 13.8. The molecule has 0 heterocycles.